The van der Waals surface area contributed by atoms with Crippen LogP contribution in [0.4, 0.5) is 9.80 Å². The van der Waals surface area contributed by atoms with Crippen molar-refractivity contribution in [2.45, 2.75) is 25.9 Å². The number of imide groups is 1. The van der Waals surface area contributed by atoms with E-state index in [0.29, 0.717) is 10.6 Å². The normalized spacial score (nSPS) is 14.0. The minimum atomic E-state index is -1.24. The van der Waals surface area contributed by atoms with Crippen LogP contribution in [-0.4, -0.2) is 29.9 Å². The Morgan fingerprint density at radius 3 is 2.46 bits per heavy atom. The minimum absolute atomic E-state index is 0.0357. The van der Waals surface area contributed by atoms with Crippen LogP contribution in [0.15, 0.2) is 35.7 Å². The molecule has 0 saturated heterocycles. The number of ether oxygens (including phenoxy) is 1. The van der Waals surface area contributed by atoms with Crippen LogP contribution in [0.25, 0.3) is 11.1 Å². The number of rotatable bonds is 6. The van der Waals surface area contributed by atoms with Crippen molar-refractivity contribution in [1.29, 1.82) is 0 Å². The lowest BCUT2D eigenvalue weighted by Crippen LogP contribution is -2.42. The second kappa shape index (κ2) is 8.22. The van der Waals surface area contributed by atoms with Gasteiger partial charge in [0.15, 0.2) is 6.10 Å². The fourth-order valence-electron chi connectivity index (χ4n) is 2.54. The molecule has 0 bridgehead atoms. The van der Waals surface area contributed by atoms with Crippen molar-refractivity contribution in [3.8, 4) is 11.1 Å². The number of thiophene rings is 1. The Morgan fingerprint density at radius 2 is 1.86 bits per heavy atom. The third-order valence-corrected chi connectivity index (χ3v) is 5.06. The first-order valence-electron chi connectivity index (χ1n) is 8.66. The summed E-state index contributed by atoms with van der Waals surface area (Å²) in [5.41, 5.74) is 6.44. The second-order valence-electron chi connectivity index (χ2n) is 6.38. The maximum Gasteiger partial charge on any atom is 0.342 e. The molecule has 1 aliphatic carbocycles. The molecule has 2 aromatic rings. The highest BCUT2D eigenvalue weighted by molar-refractivity contribution is 7.15. The smallest absolute Gasteiger partial charge is 0.342 e. The number of carbonyl (C=O) groups is 4. The summed E-state index contributed by atoms with van der Waals surface area (Å²) in [6.45, 7) is 1.33. The first-order valence-corrected chi connectivity index (χ1v) is 9.54. The van der Waals surface area contributed by atoms with Gasteiger partial charge >= 0.3 is 12.0 Å². The standard InChI is InChI=1S/C19H19N3O5S/c1-10(15(23)22-19(20)26)27-18(25)14-13(11-5-3-2-4-6-11)9-28-17(14)21-16(24)12-7-8-12/h2-6,9-10,12H,7-8H2,1H3,(H,21,24)(H3,20,22,23,26)/t10-/m0/s1. The van der Waals surface area contributed by atoms with Crippen LogP contribution in [0.3, 0.4) is 0 Å². The molecule has 1 aromatic heterocycles. The van der Waals surface area contributed by atoms with E-state index in [-0.39, 0.29) is 17.4 Å². The van der Waals surface area contributed by atoms with Crippen molar-refractivity contribution >= 4 is 40.2 Å². The summed E-state index contributed by atoms with van der Waals surface area (Å²) in [7, 11) is 0. The molecule has 0 spiro atoms. The van der Waals surface area contributed by atoms with E-state index in [1.165, 1.54) is 18.3 Å². The van der Waals surface area contributed by atoms with Gasteiger partial charge < -0.3 is 15.8 Å². The van der Waals surface area contributed by atoms with E-state index in [0.717, 1.165) is 18.4 Å². The number of nitrogens with one attached hydrogen (secondary N) is 2. The zero-order chi connectivity index (χ0) is 20.3. The van der Waals surface area contributed by atoms with E-state index < -0.39 is 24.0 Å². The monoisotopic (exact) mass is 401 g/mol. The molecule has 1 fully saturated rings. The molecule has 0 radical (unpaired) electrons. The first kappa shape index (κ1) is 19.6. The van der Waals surface area contributed by atoms with Crippen LogP contribution in [0.5, 0.6) is 0 Å². The van der Waals surface area contributed by atoms with Gasteiger partial charge in [-0.3, -0.25) is 14.9 Å². The summed E-state index contributed by atoms with van der Waals surface area (Å²) in [6, 6.07) is 8.12. The molecule has 3 rings (SSSR count). The largest absolute Gasteiger partial charge is 0.449 e. The number of nitrogens with two attached hydrogens (primary N) is 1. The van der Waals surface area contributed by atoms with Crippen molar-refractivity contribution < 1.29 is 23.9 Å². The fourth-order valence-corrected chi connectivity index (χ4v) is 3.50. The number of anilines is 1. The molecule has 1 atom stereocenters. The van der Waals surface area contributed by atoms with E-state index in [4.69, 9.17) is 10.5 Å². The molecule has 9 heteroatoms. The SMILES string of the molecule is C[C@H](OC(=O)c1c(-c2ccccc2)csc1NC(=O)C1CC1)C(=O)NC(N)=O. The number of hydrogen-bond acceptors (Lipinski definition) is 6. The second-order valence-corrected chi connectivity index (χ2v) is 7.26. The zero-order valence-electron chi connectivity index (χ0n) is 15.1. The quantitative estimate of drug-likeness (QED) is 0.641. The maximum atomic E-state index is 12.8. The van der Waals surface area contributed by atoms with Gasteiger partial charge in [0, 0.05) is 16.9 Å². The molecule has 28 heavy (non-hydrogen) atoms. The Hall–Kier alpha value is -3.20. The molecule has 0 unspecified atom stereocenters. The summed E-state index contributed by atoms with van der Waals surface area (Å²) in [5, 5.41) is 6.76. The molecule has 4 amide bonds. The van der Waals surface area contributed by atoms with E-state index in [1.54, 1.807) is 5.38 Å². The Morgan fingerprint density at radius 1 is 1.18 bits per heavy atom. The highest BCUT2D eigenvalue weighted by atomic mass is 32.1. The molecule has 1 saturated carbocycles. The Balaban J connectivity index is 1.88. The number of esters is 1. The van der Waals surface area contributed by atoms with Crippen molar-refractivity contribution in [1.82, 2.24) is 5.32 Å². The van der Waals surface area contributed by atoms with Crippen LogP contribution in [0.2, 0.25) is 0 Å². The number of carbonyl (C=O) groups excluding carboxylic acids is 4. The highest BCUT2D eigenvalue weighted by Gasteiger charge is 2.32. The van der Waals surface area contributed by atoms with Gasteiger partial charge in [0.05, 0.1) is 0 Å². The number of benzene rings is 1. The van der Waals surface area contributed by atoms with E-state index in [2.05, 4.69) is 5.32 Å². The predicted molar refractivity (Wildman–Crippen MR) is 104 cm³/mol. The van der Waals surface area contributed by atoms with Crippen molar-refractivity contribution in [2.75, 3.05) is 5.32 Å². The third kappa shape index (κ3) is 4.55. The average Bonchev–Trinajstić information content (AvgIpc) is 3.42. The molecule has 8 nitrogen and oxygen atoms in total. The summed E-state index contributed by atoms with van der Waals surface area (Å²) < 4.78 is 5.21. The molecular weight excluding hydrogens is 382 g/mol. The summed E-state index contributed by atoms with van der Waals surface area (Å²) >= 11 is 1.21. The van der Waals surface area contributed by atoms with Gasteiger partial charge in [0.1, 0.15) is 10.6 Å². The summed E-state index contributed by atoms with van der Waals surface area (Å²) in [4.78, 5) is 47.6. The van der Waals surface area contributed by atoms with Crippen molar-refractivity contribution in [3.63, 3.8) is 0 Å². The van der Waals surface area contributed by atoms with Gasteiger partial charge in [-0.05, 0) is 25.3 Å². The van der Waals surface area contributed by atoms with Crippen molar-refractivity contribution in [3.05, 3.63) is 41.3 Å². The van der Waals surface area contributed by atoms with Gasteiger partial charge in [-0.15, -0.1) is 11.3 Å². The van der Waals surface area contributed by atoms with Gasteiger partial charge in [-0.25, -0.2) is 9.59 Å². The van der Waals surface area contributed by atoms with Gasteiger partial charge in [-0.1, -0.05) is 30.3 Å². The van der Waals surface area contributed by atoms with Crippen LogP contribution in [0.1, 0.15) is 30.1 Å². The Kier molecular flexibility index (Phi) is 5.74. The molecule has 1 aliphatic rings. The lowest BCUT2D eigenvalue weighted by molar-refractivity contribution is -0.127. The van der Waals surface area contributed by atoms with Crippen LogP contribution < -0.4 is 16.4 Å². The number of primary amides is 1. The minimum Gasteiger partial charge on any atom is -0.449 e. The molecule has 4 N–H and O–H groups in total. The maximum absolute atomic E-state index is 12.8. The zero-order valence-corrected chi connectivity index (χ0v) is 15.9. The lowest BCUT2D eigenvalue weighted by Gasteiger charge is -2.14. The summed E-state index contributed by atoms with van der Waals surface area (Å²) in [5.74, 6) is -1.79. The van der Waals surface area contributed by atoms with Crippen LogP contribution >= 0.6 is 11.3 Å². The Bertz CT molecular complexity index is 921. The third-order valence-electron chi connectivity index (χ3n) is 4.16. The molecule has 1 aromatic carbocycles. The highest BCUT2D eigenvalue weighted by Crippen LogP contribution is 2.38. The number of amides is 4. The van der Waals surface area contributed by atoms with Gasteiger partial charge in [0.2, 0.25) is 5.91 Å². The molecular formula is C19H19N3O5S. The number of hydrogen-bond donors (Lipinski definition) is 3. The lowest BCUT2D eigenvalue weighted by atomic mass is 10.0. The topological polar surface area (TPSA) is 128 Å². The molecule has 0 aliphatic heterocycles. The predicted octanol–water partition coefficient (Wildman–Crippen LogP) is 2.50. The fraction of sp³-hybridized carbons (Fsp3) is 0.263. The van der Waals surface area contributed by atoms with Crippen LogP contribution in [0, 0.1) is 5.92 Å². The molecule has 1 heterocycles. The van der Waals surface area contributed by atoms with E-state index in [1.807, 2.05) is 35.6 Å². The van der Waals surface area contributed by atoms with E-state index in [9.17, 15) is 19.2 Å². The molecule has 146 valence electrons. The first-order chi connectivity index (χ1) is 13.4. The number of urea groups is 1. The average molecular weight is 401 g/mol. The Labute approximate surface area is 165 Å². The van der Waals surface area contributed by atoms with E-state index >= 15 is 0 Å². The van der Waals surface area contributed by atoms with Gasteiger partial charge in [-0.2, -0.15) is 0 Å². The summed E-state index contributed by atoms with van der Waals surface area (Å²) in [6.07, 6.45) is 0.412. The van der Waals surface area contributed by atoms with Gasteiger partial charge in [0.25, 0.3) is 5.91 Å². The van der Waals surface area contributed by atoms with Crippen LogP contribution in [-0.2, 0) is 14.3 Å². The van der Waals surface area contributed by atoms with Crippen molar-refractivity contribution in [2.24, 2.45) is 11.7 Å².